The number of piperidine rings is 1. The molecule has 162 valence electrons. The van der Waals surface area contributed by atoms with E-state index in [1.165, 1.54) is 37.5 Å². The van der Waals surface area contributed by atoms with Crippen molar-refractivity contribution in [2.24, 2.45) is 0 Å². The van der Waals surface area contributed by atoms with Crippen LogP contribution < -0.4 is 10.9 Å². The van der Waals surface area contributed by atoms with Crippen molar-refractivity contribution in [2.75, 3.05) is 25.0 Å². The number of hydrogen-bond acceptors (Lipinski definition) is 5. The maximum atomic E-state index is 12.5. The van der Waals surface area contributed by atoms with Gasteiger partial charge in [-0.15, -0.1) is 0 Å². The van der Waals surface area contributed by atoms with E-state index in [1.54, 1.807) is 4.68 Å². The number of nitrogens with one attached hydrogen (secondary N) is 1. The molecule has 6 heteroatoms. The second-order valence-corrected chi connectivity index (χ2v) is 8.83. The molecule has 1 aliphatic carbocycles. The minimum Gasteiger partial charge on any atom is -0.368 e. The standard InChI is InChI=1S/C25H31N5O/c31-24-17-20-8-2-4-11-23(20)28-30(24)16-15-29-14-6-5-9-21(29)18-27-25-22-10-3-1-7-19(22)12-13-26-25/h1,3,7,10,12-13,17,21H,2,4-6,8-9,11,14-16,18H2,(H,26,27). The Balaban J connectivity index is 1.25. The lowest BCUT2D eigenvalue weighted by Gasteiger charge is -2.36. The van der Waals surface area contributed by atoms with E-state index in [0.717, 1.165) is 54.9 Å². The highest BCUT2D eigenvalue weighted by molar-refractivity contribution is 5.91. The predicted molar refractivity (Wildman–Crippen MR) is 125 cm³/mol. The Kier molecular flexibility index (Phi) is 5.98. The summed E-state index contributed by atoms with van der Waals surface area (Å²) < 4.78 is 1.69. The first kappa shape index (κ1) is 20.2. The van der Waals surface area contributed by atoms with Crippen LogP contribution in [0.1, 0.15) is 43.4 Å². The monoisotopic (exact) mass is 417 g/mol. The average molecular weight is 418 g/mol. The van der Waals surface area contributed by atoms with E-state index in [0.29, 0.717) is 12.6 Å². The summed E-state index contributed by atoms with van der Waals surface area (Å²) in [6.07, 6.45) is 9.87. The van der Waals surface area contributed by atoms with Crippen LogP contribution in [0.2, 0.25) is 0 Å². The Bertz CT molecular complexity index is 1100. The molecule has 3 aromatic rings. The van der Waals surface area contributed by atoms with Crippen molar-refractivity contribution in [2.45, 2.75) is 57.5 Å². The van der Waals surface area contributed by atoms with Crippen LogP contribution in [0.4, 0.5) is 5.82 Å². The molecule has 0 radical (unpaired) electrons. The topological polar surface area (TPSA) is 63.1 Å². The molecule has 0 bridgehead atoms. The Morgan fingerprint density at radius 1 is 1.03 bits per heavy atom. The number of nitrogens with zero attached hydrogens (tertiary/aromatic N) is 4. The smallest absolute Gasteiger partial charge is 0.267 e. The number of aryl methyl sites for hydroxylation is 2. The number of fused-ring (bicyclic) bond motifs is 2. The Morgan fingerprint density at radius 2 is 1.94 bits per heavy atom. The molecule has 0 amide bonds. The zero-order valence-corrected chi connectivity index (χ0v) is 18.1. The fourth-order valence-electron chi connectivity index (χ4n) is 5.04. The lowest BCUT2D eigenvalue weighted by Crippen LogP contribution is -2.45. The molecule has 5 rings (SSSR count). The van der Waals surface area contributed by atoms with Crippen molar-refractivity contribution >= 4 is 16.6 Å². The zero-order valence-electron chi connectivity index (χ0n) is 18.1. The number of rotatable bonds is 6. The van der Waals surface area contributed by atoms with Crippen LogP contribution >= 0.6 is 0 Å². The third-order valence-corrected chi connectivity index (χ3v) is 6.80. The normalized spacial score (nSPS) is 19.3. The van der Waals surface area contributed by atoms with Crippen molar-refractivity contribution in [3.63, 3.8) is 0 Å². The minimum atomic E-state index is 0.0484. The fourth-order valence-corrected chi connectivity index (χ4v) is 5.04. The molecule has 1 atom stereocenters. The molecule has 3 heterocycles. The Morgan fingerprint density at radius 3 is 2.90 bits per heavy atom. The summed E-state index contributed by atoms with van der Waals surface area (Å²) in [6, 6.07) is 12.7. The molecule has 1 aromatic carbocycles. The average Bonchev–Trinajstić information content (AvgIpc) is 2.82. The summed E-state index contributed by atoms with van der Waals surface area (Å²) >= 11 is 0. The molecule has 1 saturated heterocycles. The van der Waals surface area contributed by atoms with Crippen LogP contribution in [0.15, 0.2) is 47.4 Å². The van der Waals surface area contributed by atoms with E-state index in [4.69, 9.17) is 5.10 Å². The highest BCUT2D eigenvalue weighted by Gasteiger charge is 2.23. The van der Waals surface area contributed by atoms with Crippen molar-refractivity contribution < 1.29 is 0 Å². The maximum Gasteiger partial charge on any atom is 0.267 e. The Hall–Kier alpha value is -2.73. The van der Waals surface area contributed by atoms with Gasteiger partial charge >= 0.3 is 0 Å². The van der Waals surface area contributed by atoms with Gasteiger partial charge < -0.3 is 5.32 Å². The predicted octanol–water partition coefficient (Wildman–Crippen LogP) is 3.64. The van der Waals surface area contributed by atoms with E-state index in [9.17, 15) is 4.79 Å². The van der Waals surface area contributed by atoms with Gasteiger partial charge in [-0.1, -0.05) is 30.7 Å². The van der Waals surface area contributed by atoms with Gasteiger partial charge in [0.15, 0.2) is 0 Å². The molecule has 2 aliphatic rings. The molecule has 1 aliphatic heterocycles. The summed E-state index contributed by atoms with van der Waals surface area (Å²) in [5, 5.41) is 10.7. The van der Waals surface area contributed by atoms with Gasteiger partial charge in [-0.25, -0.2) is 9.67 Å². The summed E-state index contributed by atoms with van der Waals surface area (Å²) in [6.45, 7) is 3.47. The number of hydrogen-bond donors (Lipinski definition) is 1. The van der Waals surface area contributed by atoms with Crippen molar-refractivity contribution in [3.8, 4) is 0 Å². The highest BCUT2D eigenvalue weighted by atomic mass is 16.1. The summed E-state index contributed by atoms with van der Waals surface area (Å²) in [5.74, 6) is 0.955. The van der Waals surface area contributed by atoms with Crippen LogP contribution in [0.3, 0.4) is 0 Å². The van der Waals surface area contributed by atoms with Crippen molar-refractivity contribution in [1.82, 2.24) is 19.7 Å². The number of benzene rings is 1. The lowest BCUT2D eigenvalue weighted by molar-refractivity contribution is 0.147. The van der Waals surface area contributed by atoms with E-state index in [1.807, 2.05) is 12.3 Å². The number of pyridine rings is 1. The molecule has 1 N–H and O–H groups in total. The molecular formula is C25H31N5O. The third kappa shape index (κ3) is 4.49. The van der Waals surface area contributed by atoms with Crippen LogP contribution in [0.5, 0.6) is 0 Å². The maximum absolute atomic E-state index is 12.5. The molecular weight excluding hydrogens is 386 g/mol. The fraction of sp³-hybridized carbons (Fsp3) is 0.480. The van der Waals surface area contributed by atoms with Crippen LogP contribution in [0, 0.1) is 0 Å². The SMILES string of the molecule is O=c1cc2c(nn1CCN1CCCCC1CNc1nccc3ccccc13)CCCC2. The highest BCUT2D eigenvalue weighted by Crippen LogP contribution is 2.22. The summed E-state index contributed by atoms with van der Waals surface area (Å²) in [4.78, 5) is 19.6. The van der Waals surface area contributed by atoms with Crippen LogP contribution in [0.25, 0.3) is 10.8 Å². The molecule has 0 spiro atoms. The van der Waals surface area contributed by atoms with Gasteiger partial charge in [-0.2, -0.15) is 5.10 Å². The van der Waals surface area contributed by atoms with E-state index >= 15 is 0 Å². The number of likely N-dealkylation sites (tertiary alicyclic amines) is 1. The van der Waals surface area contributed by atoms with Gasteiger partial charge in [0.25, 0.3) is 5.56 Å². The quantitative estimate of drug-likeness (QED) is 0.664. The van der Waals surface area contributed by atoms with Crippen LogP contribution in [-0.2, 0) is 19.4 Å². The van der Waals surface area contributed by atoms with Gasteiger partial charge in [0.05, 0.1) is 12.2 Å². The van der Waals surface area contributed by atoms with Gasteiger partial charge in [0, 0.05) is 36.8 Å². The summed E-state index contributed by atoms with van der Waals surface area (Å²) in [7, 11) is 0. The molecule has 1 fully saturated rings. The summed E-state index contributed by atoms with van der Waals surface area (Å²) in [5.41, 5.74) is 2.34. The van der Waals surface area contributed by atoms with Gasteiger partial charge in [-0.3, -0.25) is 9.69 Å². The van der Waals surface area contributed by atoms with Gasteiger partial charge in [0.1, 0.15) is 5.82 Å². The molecule has 2 aromatic heterocycles. The first-order valence-electron chi connectivity index (χ1n) is 11.7. The number of aromatic nitrogens is 3. The lowest BCUT2D eigenvalue weighted by atomic mass is 9.97. The minimum absolute atomic E-state index is 0.0484. The van der Waals surface area contributed by atoms with E-state index in [2.05, 4.69) is 45.5 Å². The Labute approximate surface area is 183 Å². The second-order valence-electron chi connectivity index (χ2n) is 8.83. The molecule has 0 saturated carbocycles. The van der Waals surface area contributed by atoms with Crippen molar-refractivity contribution in [1.29, 1.82) is 0 Å². The van der Waals surface area contributed by atoms with Gasteiger partial charge in [0.2, 0.25) is 0 Å². The molecule has 1 unspecified atom stereocenters. The largest absolute Gasteiger partial charge is 0.368 e. The third-order valence-electron chi connectivity index (χ3n) is 6.80. The van der Waals surface area contributed by atoms with Crippen molar-refractivity contribution in [3.05, 3.63) is 64.2 Å². The molecule has 31 heavy (non-hydrogen) atoms. The second kappa shape index (κ2) is 9.18. The number of anilines is 1. The van der Waals surface area contributed by atoms with E-state index < -0.39 is 0 Å². The molecule has 6 nitrogen and oxygen atoms in total. The van der Waals surface area contributed by atoms with E-state index in [-0.39, 0.29) is 5.56 Å². The first-order chi connectivity index (χ1) is 15.3. The zero-order chi connectivity index (χ0) is 21.0. The van der Waals surface area contributed by atoms with Gasteiger partial charge in [-0.05, 0) is 62.1 Å². The first-order valence-corrected chi connectivity index (χ1v) is 11.7. The van der Waals surface area contributed by atoms with Crippen LogP contribution in [-0.4, -0.2) is 45.3 Å².